The highest BCUT2D eigenvalue weighted by Gasteiger charge is 2.08. The van der Waals surface area contributed by atoms with Crippen molar-refractivity contribution in [3.63, 3.8) is 0 Å². The van der Waals surface area contributed by atoms with Crippen molar-refractivity contribution in [2.45, 2.75) is 0 Å². The van der Waals surface area contributed by atoms with Gasteiger partial charge in [-0.2, -0.15) is 0 Å². The maximum atomic E-state index is 9.36. The van der Waals surface area contributed by atoms with Gasteiger partial charge in [-0.15, -0.1) is 0 Å². The maximum Gasteiger partial charge on any atom is 0.172 e. The molecule has 0 amide bonds. The summed E-state index contributed by atoms with van der Waals surface area (Å²) in [5.74, 6) is 0.820. The fraction of sp³-hybridized carbons (Fsp3) is 0.111. The van der Waals surface area contributed by atoms with Crippen molar-refractivity contribution < 1.29 is 9.84 Å². The molecule has 0 aliphatic heterocycles. The lowest BCUT2D eigenvalue weighted by molar-refractivity contribution is 0.420. The predicted octanol–water partition coefficient (Wildman–Crippen LogP) is 3.22. The molecule has 0 fully saturated rings. The van der Waals surface area contributed by atoms with Gasteiger partial charge in [-0.3, -0.25) is 0 Å². The summed E-state index contributed by atoms with van der Waals surface area (Å²) in [6.07, 6.45) is 0. The minimum absolute atomic E-state index is 0.331. The molecular weight excluding hydrogens is 299 g/mol. The van der Waals surface area contributed by atoms with Crippen molar-refractivity contribution in [3.8, 4) is 10.8 Å². The molecule has 0 aliphatic carbocycles. The normalized spacial score (nSPS) is 10.6. The number of halogens is 1. The lowest BCUT2D eigenvalue weighted by Gasteiger charge is -2.01. The van der Waals surface area contributed by atoms with Crippen LogP contribution in [0.1, 0.15) is 0 Å². The van der Waals surface area contributed by atoms with Crippen molar-refractivity contribution in [2.24, 2.45) is 0 Å². The Morgan fingerprint density at radius 1 is 1.46 bits per heavy atom. The molecule has 0 saturated heterocycles. The van der Waals surface area contributed by atoms with Crippen LogP contribution in [0.3, 0.4) is 0 Å². The topological polar surface area (TPSA) is 29.5 Å². The quantitative estimate of drug-likeness (QED) is 0.820. The zero-order valence-electron chi connectivity index (χ0n) is 6.87. The molecule has 0 atom stereocenters. The highest BCUT2D eigenvalue weighted by atomic mass is 127. The zero-order chi connectivity index (χ0) is 9.42. The summed E-state index contributed by atoms with van der Waals surface area (Å²) in [6, 6.07) is 5.66. The van der Waals surface area contributed by atoms with Gasteiger partial charge in [0, 0.05) is 15.0 Å². The molecule has 0 radical (unpaired) electrons. The van der Waals surface area contributed by atoms with E-state index in [2.05, 4.69) is 22.6 Å². The fourth-order valence-corrected chi connectivity index (χ4v) is 2.92. The van der Waals surface area contributed by atoms with Gasteiger partial charge in [0.25, 0.3) is 0 Å². The Hall–Kier alpha value is -0.490. The highest BCUT2D eigenvalue weighted by molar-refractivity contribution is 14.1. The second kappa shape index (κ2) is 3.34. The molecule has 68 valence electrons. The van der Waals surface area contributed by atoms with E-state index in [1.54, 1.807) is 13.2 Å². The molecule has 13 heavy (non-hydrogen) atoms. The van der Waals surface area contributed by atoms with Crippen LogP contribution in [0.5, 0.6) is 10.8 Å². The van der Waals surface area contributed by atoms with E-state index in [9.17, 15) is 5.11 Å². The maximum absolute atomic E-state index is 9.36. The summed E-state index contributed by atoms with van der Waals surface area (Å²) in [5.41, 5.74) is 0. The highest BCUT2D eigenvalue weighted by Crippen LogP contribution is 2.39. The summed E-state index contributed by atoms with van der Waals surface area (Å²) in [4.78, 5) is 0. The van der Waals surface area contributed by atoms with Crippen LogP contribution in [0.15, 0.2) is 18.2 Å². The van der Waals surface area contributed by atoms with Crippen molar-refractivity contribution >= 4 is 44.0 Å². The first-order valence-electron chi connectivity index (χ1n) is 3.67. The zero-order valence-corrected chi connectivity index (χ0v) is 9.85. The first-order chi connectivity index (χ1) is 6.22. The number of hydrogen-bond acceptors (Lipinski definition) is 3. The van der Waals surface area contributed by atoms with Gasteiger partial charge in [-0.25, -0.2) is 0 Å². The third kappa shape index (κ3) is 1.48. The Bertz CT molecular complexity index is 450. The monoisotopic (exact) mass is 306 g/mol. The van der Waals surface area contributed by atoms with Crippen molar-refractivity contribution in [1.82, 2.24) is 0 Å². The SMILES string of the molecule is COc1ccc(I)c2cc(O)sc12. The van der Waals surface area contributed by atoms with Gasteiger partial charge in [-0.1, -0.05) is 11.3 Å². The van der Waals surface area contributed by atoms with Crippen molar-refractivity contribution in [1.29, 1.82) is 0 Å². The number of thiophene rings is 1. The first kappa shape index (κ1) is 9.08. The second-order valence-electron chi connectivity index (χ2n) is 2.58. The van der Waals surface area contributed by atoms with E-state index in [-0.39, 0.29) is 0 Å². The molecule has 0 unspecified atom stereocenters. The van der Waals surface area contributed by atoms with Crippen LogP contribution in [0.2, 0.25) is 0 Å². The molecule has 0 spiro atoms. The molecular formula is C9H7IO2S. The standard InChI is InChI=1S/C9H7IO2S/c1-12-7-3-2-6(10)5-4-8(11)13-9(5)7/h2-4,11H,1H3. The van der Waals surface area contributed by atoms with Crippen LogP contribution in [0.4, 0.5) is 0 Å². The van der Waals surface area contributed by atoms with Gasteiger partial charge in [0.1, 0.15) is 5.75 Å². The summed E-state index contributed by atoms with van der Waals surface area (Å²) >= 11 is 3.59. The lowest BCUT2D eigenvalue weighted by atomic mass is 10.2. The van der Waals surface area contributed by atoms with E-state index in [1.165, 1.54) is 11.3 Å². The van der Waals surface area contributed by atoms with Gasteiger partial charge in [0.05, 0.1) is 11.8 Å². The second-order valence-corrected chi connectivity index (χ2v) is 4.77. The first-order valence-corrected chi connectivity index (χ1v) is 5.57. The number of rotatable bonds is 1. The van der Waals surface area contributed by atoms with E-state index in [4.69, 9.17) is 4.74 Å². The average Bonchev–Trinajstić information content (AvgIpc) is 2.48. The average molecular weight is 306 g/mol. The van der Waals surface area contributed by atoms with Gasteiger partial charge in [-0.05, 0) is 34.7 Å². The van der Waals surface area contributed by atoms with Gasteiger partial charge < -0.3 is 9.84 Å². The summed E-state index contributed by atoms with van der Waals surface area (Å²) < 4.78 is 7.33. The smallest absolute Gasteiger partial charge is 0.172 e. The number of aromatic hydroxyl groups is 1. The third-order valence-electron chi connectivity index (χ3n) is 1.80. The van der Waals surface area contributed by atoms with Gasteiger partial charge >= 0.3 is 0 Å². The van der Waals surface area contributed by atoms with E-state index >= 15 is 0 Å². The molecule has 2 aromatic rings. The number of hydrogen-bond donors (Lipinski definition) is 1. The molecule has 1 heterocycles. The van der Waals surface area contributed by atoms with Crippen LogP contribution in [-0.2, 0) is 0 Å². The van der Waals surface area contributed by atoms with Crippen LogP contribution in [-0.4, -0.2) is 12.2 Å². The van der Waals surface area contributed by atoms with Crippen LogP contribution >= 0.6 is 33.9 Å². The Morgan fingerprint density at radius 2 is 2.23 bits per heavy atom. The Labute approximate surface area is 93.3 Å². The van der Waals surface area contributed by atoms with Crippen LogP contribution < -0.4 is 4.74 Å². The largest absolute Gasteiger partial charge is 0.499 e. The number of benzene rings is 1. The molecule has 2 nitrogen and oxygen atoms in total. The molecule has 1 aromatic carbocycles. The van der Waals surface area contributed by atoms with Crippen molar-refractivity contribution in [3.05, 3.63) is 21.8 Å². The van der Waals surface area contributed by atoms with E-state index in [0.717, 1.165) is 19.4 Å². The lowest BCUT2D eigenvalue weighted by Crippen LogP contribution is -1.82. The summed E-state index contributed by atoms with van der Waals surface area (Å²) in [6.45, 7) is 0. The minimum Gasteiger partial charge on any atom is -0.499 e. The van der Waals surface area contributed by atoms with Gasteiger partial charge in [0.2, 0.25) is 0 Å². The number of fused-ring (bicyclic) bond motifs is 1. The van der Waals surface area contributed by atoms with Gasteiger partial charge in [0.15, 0.2) is 5.06 Å². The number of ether oxygens (including phenoxy) is 1. The molecule has 0 bridgehead atoms. The van der Waals surface area contributed by atoms with Crippen LogP contribution in [0, 0.1) is 3.57 Å². The van der Waals surface area contributed by atoms with Crippen molar-refractivity contribution in [2.75, 3.05) is 7.11 Å². The Balaban J connectivity index is 2.83. The predicted molar refractivity (Wildman–Crippen MR) is 62.8 cm³/mol. The molecule has 2 rings (SSSR count). The molecule has 0 aliphatic rings. The summed E-state index contributed by atoms with van der Waals surface area (Å²) in [5, 5.41) is 10.7. The third-order valence-corrected chi connectivity index (χ3v) is 3.69. The van der Waals surface area contributed by atoms with E-state index in [0.29, 0.717) is 5.06 Å². The fourth-order valence-electron chi connectivity index (χ4n) is 1.21. The molecule has 1 N–H and O–H groups in total. The van der Waals surface area contributed by atoms with E-state index < -0.39 is 0 Å². The molecule has 0 saturated carbocycles. The Kier molecular flexibility index (Phi) is 2.33. The minimum atomic E-state index is 0.331. The van der Waals surface area contributed by atoms with Crippen LogP contribution in [0.25, 0.3) is 10.1 Å². The molecule has 1 aromatic heterocycles. The summed E-state index contributed by atoms with van der Waals surface area (Å²) in [7, 11) is 1.64. The molecule has 4 heteroatoms. The Morgan fingerprint density at radius 3 is 2.92 bits per heavy atom. The van der Waals surface area contributed by atoms with E-state index in [1.807, 2.05) is 12.1 Å². The number of methoxy groups -OCH3 is 1.